The van der Waals surface area contributed by atoms with E-state index in [1.54, 1.807) is 23.3 Å². The molecule has 0 N–H and O–H groups in total. The van der Waals surface area contributed by atoms with E-state index in [1.807, 2.05) is 6.92 Å². The van der Waals surface area contributed by atoms with Gasteiger partial charge in [0, 0.05) is 6.20 Å². The fourth-order valence-electron chi connectivity index (χ4n) is 1.20. The van der Waals surface area contributed by atoms with Gasteiger partial charge in [-0.1, -0.05) is 16.8 Å². The van der Waals surface area contributed by atoms with E-state index in [0.29, 0.717) is 10.9 Å². The highest BCUT2D eigenvalue weighted by Crippen LogP contribution is 2.19. The molecular formula is C9H8Cl2N4. The fourth-order valence-corrected chi connectivity index (χ4v) is 1.47. The van der Waals surface area contributed by atoms with Gasteiger partial charge >= 0.3 is 0 Å². The van der Waals surface area contributed by atoms with E-state index in [9.17, 15) is 0 Å². The summed E-state index contributed by atoms with van der Waals surface area (Å²) >= 11 is 11.6. The third-order valence-electron chi connectivity index (χ3n) is 2.05. The Balaban J connectivity index is 2.49. The maximum Gasteiger partial charge on any atom is 0.0979 e. The van der Waals surface area contributed by atoms with Crippen molar-refractivity contribution in [3.63, 3.8) is 0 Å². The summed E-state index contributed by atoms with van der Waals surface area (Å²) in [6.45, 7) is 1.90. The molecule has 0 saturated heterocycles. The van der Waals surface area contributed by atoms with Crippen LogP contribution >= 0.6 is 23.2 Å². The molecule has 0 bridgehead atoms. The number of rotatable bonds is 2. The number of hydrogen-bond donors (Lipinski definition) is 0. The molecule has 0 atom stereocenters. The standard InChI is InChI=1S/C9H8Cl2N4/c1-6-8(11)3-12-4-9(6)15-5-7(2-10)13-14-15/h3-5H,2H2,1H3. The van der Waals surface area contributed by atoms with Gasteiger partial charge in [0.05, 0.1) is 34.7 Å². The highest BCUT2D eigenvalue weighted by molar-refractivity contribution is 6.31. The van der Waals surface area contributed by atoms with Crippen LogP contribution in [0.1, 0.15) is 11.3 Å². The quantitative estimate of drug-likeness (QED) is 0.760. The van der Waals surface area contributed by atoms with E-state index >= 15 is 0 Å². The molecule has 0 saturated carbocycles. The summed E-state index contributed by atoms with van der Waals surface area (Å²) in [5, 5.41) is 8.44. The Kier molecular flexibility index (Phi) is 2.88. The molecule has 0 unspecified atom stereocenters. The van der Waals surface area contributed by atoms with Gasteiger partial charge in [0.25, 0.3) is 0 Å². The maximum atomic E-state index is 5.95. The molecule has 0 aromatic carbocycles. The molecular weight excluding hydrogens is 235 g/mol. The summed E-state index contributed by atoms with van der Waals surface area (Å²) in [5.41, 5.74) is 2.44. The van der Waals surface area contributed by atoms with E-state index in [0.717, 1.165) is 16.9 Å². The lowest BCUT2D eigenvalue weighted by molar-refractivity contribution is 0.792. The van der Waals surface area contributed by atoms with Crippen LogP contribution in [0.4, 0.5) is 0 Å². The average molecular weight is 243 g/mol. The lowest BCUT2D eigenvalue weighted by Crippen LogP contribution is -1.99. The van der Waals surface area contributed by atoms with Gasteiger partial charge in [0.2, 0.25) is 0 Å². The van der Waals surface area contributed by atoms with E-state index in [-0.39, 0.29) is 0 Å². The Morgan fingerprint density at radius 2 is 2.20 bits per heavy atom. The van der Waals surface area contributed by atoms with Crippen LogP contribution in [-0.2, 0) is 5.88 Å². The molecule has 15 heavy (non-hydrogen) atoms. The van der Waals surface area contributed by atoms with Gasteiger partial charge in [-0.15, -0.1) is 16.7 Å². The largest absolute Gasteiger partial charge is 0.261 e. The van der Waals surface area contributed by atoms with Crippen molar-refractivity contribution in [2.45, 2.75) is 12.8 Å². The Bertz CT molecular complexity index is 481. The summed E-state index contributed by atoms with van der Waals surface area (Å²) in [6, 6.07) is 0. The molecule has 0 spiro atoms. The first-order chi connectivity index (χ1) is 7.22. The van der Waals surface area contributed by atoms with E-state index < -0.39 is 0 Å². The molecule has 2 aromatic heterocycles. The predicted octanol–water partition coefficient (Wildman–Crippen LogP) is 2.36. The van der Waals surface area contributed by atoms with Crippen molar-refractivity contribution < 1.29 is 0 Å². The first-order valence-corrected chi connectivity index (χ1v) is 5.21. The van der Waals surface area contributed by atoms with Crippen molar-refractivity contribution in [1.82, 2.24) is 20.0 Å². The Morgan fingerprint density at radius 1 is 1.40 bits per heavy atom. The summed E-state index contributed by atoms with van der Waals surface area (Å²) in [6.07, 6.45) is 5.04. The molecule has 0 aliphatic heterocycles. The molecule has 78 valence electrons. The van der Waals surface area contributed by atoms with Crippen molar-refractivity contribution in [3.8, 4) is 5.69 Å². The molecule has 0 aliphatic carbocycles. The third-order valence-corrected chi connectivity index (χ3v) is 2.71. The van der Waals surface area contributed by atoms with E-state index in [4.69, 9.17) is 23.2 Å². The minimum atomic E-state index is 0.340. The van der Waals surface area contributed by atoms with Crippen LogP contribution in [0, 0.1) is 6.92 Å². The van der Waals surface area contributed by atoms with Gasteiger partial charge in [0.1, 0.15) is 0 Å². The van der Waals surface area contributed by atoms with Crippen LogP contribution in [0.25, 0.3) is 5.69 Å². The lowest BCUT2D eigenvalue weighted by atomic mass is 10.2. The molecule has 2 heterocycles. The normalized spacial score (nSPS) is 10.6. The summed E-state index contributed by atoms with van der Waals surface area (Å²) in [7, 11) is 0. The molecule has 2 rings (SSSR count). The van der Waals surface area contributed by atoms with Gasteiger partial charge < -0.3 is 0 Å². The minimum Gasteiger partial charge on any atom is -0.261 e. The highest BCUT2D eigenvalue weighted by Gasteiger charge is 2.07. The fraction of sp³-hybridized carbons (Fsp3) is 0.222. The number of pyridine rings is 1. The molecule has 0 aliphatic rings. The Morgan fingerprint density at radius 3 is 2.87 bits per heavy atom. The summed E-state index contributed by atoms with van der Waals surface area (Å²) in [4.78, 5) is 4.00. The number of hydrogen-bond acceptors (Lipinski definition) is 3. The predicted molar refractivity (Wildman–Crippen MR) is 58.5 cm³/mol. The molecule has 0 amide bonds. The van der Waals surface area contributed by atoms with Gasteiger partial charge in [-0.25, -0.2) is 4.68 Å². The van der Waals surface area contributed by atoms with Crippen LogP contribution in [0.2, 0.25) is 5.02 Å². The second-order valence-electron chi connectivity index (χ2n) is 3.05. The summed E-state index contributed by atoms with van der Waals surface area (Å²) in [5.74, 6) is 0.340. The molecule has 4 nitrogen and oxygen atoms in total. The highest BCUT2D eigenvalue weighted by atomic mass is 35.5. The zero-order chi connectivity index (χ0) is 10.8. The maximum absolute atomic E-state index is 5.95. The SMILES string of the molecule is Cc1c(Cl)cncc1-n1cc(CCl)nn1. The lowest BCUT2D eigenvalue weighted by Gasteiger charge is -2.04. The van der Waals surface area contributed by atoms with Crippen molar-refractivity contribution in [1.29, 1.82) is 0 Å². The Hall–Kier alpha value is -1.13. The minimum absolute atomic E-state index is 0.340. The third kappa shape index (κ3) is 1.96. The zero-order valence-corrected chi connectivity index (χ0v) is 9.50. The number of halogens is 2. The number of aromatic nitrogens is 4. The van der Waals surface area contributed by atoms with Gasteiger partial charge in [-0.3, -0.25) is 4.98 Å². The van der Waals surface area contributed by atoms with Crippen LogP contribution in [-0.4, -0.2) is 20.0 Å². The van der Waals surface area contributed by atoms with E-state index in [1.165, 1.54) is 0 Å². The first-order valence-electron chi connectivity index (χ1n) is 4.30. The monoisotopic (exact) mass is 242 g/mol. The smallest absolute Gasteiger partial charge is 0.0979 e. The van der Waals surface area contributed by atoms with E-state index in [2.05, 4.69) is 15.3 Å². The molecule has 2 aromatic rings. The van der Waals surface area contributed by atoms with Crippen LogP contribution in [0.5, 0.6) is 0 Å². The van der Waals surface area contributed by atoms with Crippen molar-refractivity contribution in [2.75, 3.05) is 0 Å². The first kappa shape index (κ1) is 10.4. The van der Waals surface area contributed by atoms with Crippen molar-refractivity contribution in [2.24, 2.45) is 0 Å². The number of nitrogens with zero attached hydrogens (tertiary/aromatic N) is 4. The molecule has 0 fully saturated rings. The summed E-state index contributed by atoms with van der Waals surface area (Å²) < 4.78 is 1.62. The van der Waals surface area contributed by atoms with Crippen molar-refractivity contribution >= 4 is 23.2 Å². The van der Waals surface area contributed by atoms with Crippen molar-refractivity contribution in [3.05, 3.63) is 34.9 Å². The molecule has 6 heteroatoms. The van der Waals surface area contributed by atoms with Crippen LogP contribution < -0.4 is 0 Å². The zero-order valence-electron chi connectivity index (χ0n) is 7.98. The number of alkyl halides is 1. The topological polar surface area (TPSA) is 43.6 Å². The van der Waals surface area contributed by atoms with Gasteiger partial charge in [-0.2, -0.15) is 0 Å². The average Bonchev–Trinajstić information content (AvgIpc) is 2.70. The Labute approximate surface area is 96.8 Å². The van der Waals surface area contributed by atoms with Crippen LogP contribution in [0.3, 0.4) is 0 Å². The second kappa shape index (κ2) is 4.16. The molecule has 0 radical (unpaired) electrons. The van der Waals surface area contributed by atoms with Gasteiger partial charge in [-0.05, 0) is 12.5 Å². The second-order valence-corrected chi connectivity index (χ2v) is 3.73. The van der Waals surface area contributed by atoms with Gasteiger partial charge in [0.15, 0.2) is 0 Å². The van der Waals surface area contributed by atoms with Crippen LogP contribution in [0.15, 0.2) is 18.6 Å².